The molecule has 2 N–H and O–H groups in total. The third kappa shape index (κ3) is 5.03. The van der Waals surface area contributed by atoms with E-state index in [0.717, 1.165) is 18.4 Å². The molecule has 1 aromatic carbocycles. The Bertz CT molecular complexity index is 963. The van der Waals surface area contributed by atoms with Gasteiger partial charge in [0.05, 0.1) is 12.8 Å². The second-order valence-corrected chi connectivity index (χ2v) is 7.14. The van der Waals surface area contributed by atoms with Crippen LogP contribution in [-0.4, -0.2) is 48.5 Å². The number of aryl methyl sites for hydroxylation is 1. The lowest BCUT2D eigenvalue weighted by Crippen LogP contribution is -2.42. The predicted molar refractivity (Wildman–Crippen MR) is 111 cm³/mol. The van der Waals surface area contributed by atoms with Gasteiger partial charge in [-0.3, -0.25) is 9.59 Å². The summed E-state index contributed by atoms with van der Waals surface area (Å²) in [6, 6.07) is 7.42. The van der Waals surface area contributed by atoms with Crippen molar-refractivity contribution in [1.82, 2.24) is 15.3 Å². The third-order valence-electron chi connectivity index (χ3n) is 5.06. The second-order valence-electron chi connectivity index (χ2n) is 7.14. The zero-order valence-electron chi connectivity index (χ0n) is 17.0. The molecule has 1 saturated heterocycles. The molecule has 0 aliphatic carbocycles. The van der Waals surface area contributed by atoms with Crippen LogP contribution in [0.2, 0.25) is 0 Å². The first-order valence-corrected chi connectivity index (χ1v) is 9.71. The number of anilines is 2. The minimum Gasteiger partial charge on any atom is -0.495 e. The number of nitrogens with one attached hydrogen (secondary N) is 2. The number of carbonyl (C=O) groups is 2. The van der Waals surface area contributed by atoms with Gasteiger partial charge in [-0.2, -0.15) is 5.26 Å². The van der Waals surface area contributed by atoms with Gasteiger partial charge >= 0.3 is 11.8 Å². The Kier molecular flexibility index (Phi) is 6.80. The highest BCUT2D eigenvalue weighted by Gasteiger charge is 2.24. The smallest absolute Gasteiger partial charge is 0.313 e. The maximum absolute atomic E-state index is 12.2. The maximum atomic E-state index is 12.2. The monoisotopic (exact) mass is 408 g/mol. The number of hydrogen-bond acceptors (Lipinski definition) is 7. The van der Waals surface area contributed by atoms with Gasteiger partial charge in [-0.25, -0.2) is 9.97 Å². The van der Waals surface area contributed by atoms with Gasteiger partial charge in [0.25, 0.3) is 0 Å². The van der Waals surface area contributed by atoms with Gasteiger partial charge < -0.3 is 20.3 Å². The summed E-state index contributed by atoms with van der Waals surface area (Å²) in [5.41, 5.74) is 1.72. The van der Waals surface area contributed by atoms with E-state index in [1.807, 2.05) is 17.9 Å². The molecule has 0 spiro atoms. The minimum absolute atomic E-state index is 0.244. The molecule has 1 aliphatic heterocycles. The Morgan fingerprint density at radius 2 is 1.97 bits per heavy atom. The molecule has 0 atom stereocenters. The van der Waals surface area contributed by atoms with Crippen LogP contribution in [0.1, 0.15) is 24.1 Å². The van der Waals surface area contributed by atoms with Gasteiger partial charge in [-0.05, 0) is 43.4 Å². The van der Waals surface area contributed by atoms with Crippen molar-refractivity contribution >= 4 is 23.3 Å². The molecular formula is C21H24N6O3. The summed E-state index contributed by atoms with van der Waals surface area (Å²) in [6.45, 7) is 3.72. The molecule has 0 radical (unpaired) electrons. The molecule has 1 aliphatic rings. The van der Waals surface area contributed by atoms with E-state index in [-0.39, 0.29) is 5.92 Å². The molecule has 156 valence electrons. The average molecular weight is 408 g/mol. The van der Waals surface area contributed by atoms with Crippen LogP contribution in [0.4, 0.5) is 11.5 Å². The molecule has 9 heteroatoms. The van der Waals surface area contributed by atoms with Gasteiger partial charge in [0.1, 0.15) is 11.8 Å². The number of ether oxygens (including phenoxy) is 1. The average Bonchev–Trinajstić information content (AvgIpc) is 2.78. The van der Waals surface area contributed by atoms with E-state index in [2.05, 4.69) is 26.7 Å². The van der Waals surface area contributed by atoms with Crippen molar-refractivity contribution in [3.8, 4) is 11.8 Å². The summed E-state index contributed by atoms with van der Waals surface area (Å²) >= 11 is 0. The van der Waals surface area contributed by atoms with E-state index < -0.39 is 11.8 Å². The van der Waals surface area contributed by atoms with Crippen LogP contribution in [0.5, 0.6) is 5.75 Å². The van der Waals surface area contributed by atoms with Gasteiger partial charge in [-0.15, -0.1) is 0 Å². The van der Waals surface area contributed by atoms with Crippen LogP contribution in [0, 0.1) is 24.2 Å². The van der Waals surface area contributed by atoms with E-state index in [9.17, 15) is 14.9 Å². The zero-order valence-corrected chi connectivity index (χ0v) is 17.0. The van der Waals surface area contributed by atoms with Crippen LogP contribution in [0.25, 0.3) is 0 Å². The molecule has 0 saturated carbocycles. The summed E-state index contributed by atoms with van der Waals surface area (Å²) in [4.78, 5) is 34.8. The first-order chi connectivity index (χ1) is 14.5. The number of aromatic nitrogens is 2. The van der Waals surface area contributed by atoms with Crippen LogP contribution >= 0.6 is 0 Å². The lowest BCUT2D eigenvalue weighted by Gasteiger charge is -2.32. The lowest BCUT2D eigenvalue weighted by atomic mass is 9.96. The molecule has 3 rings (SSSR count). The van der Waals surface area contributed by atoms with Crippen LogP contribution < -0.4 is 20.3 Å². The van der Waals surface area contributed by atoms with Crippen molar-refractivity contribution in [3.05, 3.63) is 41.9 Å². The third-order valence-corrected chi connectivity index (χ3v) is 5.06. The van der Waals surface area contributed by atoms with E-state index in [1.54, 1.807) is 18.3 Å². The van der Waals surface area contributed by atoms with Gasteiger partial charge in [-0.1, -0.05) is 6.07 Å². The predicted octanol–water partition coefficient (Wildman–Crippen LogP) is 1.64. The summed E-state index contributed by atoms with van der Waals surface area (Å²) in [5, 5.41) is 14.5. The number of benzene rings is 1. The number of amides is 2. The molecule has 1 fully saturated rings. The van der Waals surface area contributed by atoms with Crippen LogP contribution in [0.3, 0.4) is 0 Å². The largest absolute Gasteiger partial charge is 0.495 e. The van der Waals surface area contributed by atoms with E-state index in [0.29, 0.717) is 42.6 Å². The lowest BCUT2D eigenvalue weighted by molar-refractivity contribution is -0.136. The number of hydrogen-bond donors (Lipinski definition) is 2. The fourth-order valence-electron chi connectivity index (χ4n) is 3.41. The number of methoxy groups -OCH3 is 1. The zero-order chi connectivity index (χ0) is 21.5. The van der Waals surface area contributed by atoms with Crippen molar-refractivity contribution in [2.45, 2.75) is 19.8 Å². The van der Waals surface area contributed by atoms with Gasteiger partial charge in [0.15, 0.2) is 11.5 Å². The summed E-state index contributed by atoms with van der Waals surface area (Å²) in [7, 11) is 1.51. The Morgan fingerprint density at radius 3 is 2.67 bits per heavy atom. The molecule has 0 bridgehead atoms. The second kappa shape index (κ2) is 9.69. The van der Waals surface area contributed by atoms with Crippen LogP contribution in [-0.2, 0) is 9.59 Å². The maximum Gasteiger partial charge on any atom is 0.313 e. The number of rotatable bonds is 5. The van der Waals surface area contributed by atoms with Crippen molar-refractivity contribution < 1.29 is 14.3 Å². The van der Waals surface area contributed by atoms with Gasteiger partial charge in [0.2, 0.25) is 0 Å². The molecular weight excluding hydrogens is 384 g/mol. The SMILES string of the molecule is COc1ccc(C)cc1NC(=O)C(=O)NCC1CCN(c2nccnc2C#N)CC1. The first kappa shape index (κ1) is 21.0. The topological polar surface area (TPSA) is 120 Å². The van der Waals surface area contributed by atoms with E-state index >= 15 is 0 Å². The Hall–Kier alpha value is -3.67. The number of carbonyl (C=O) groups excluding carboxylic acids is 2. The Balaban J connectivity index is 1.48. The van der Waals surface area contributed by atoms with Crippen molar-refractivity contribution in [2.75, 3.05) is 37.0 Å². The van der Waals surface area contributed by atoms with E-state index in [1.165, 1.54) is 13.3 Å². The van der Waals surface area contributed by atoms with Crippen molar-refractivity contribution in [3.63, 3.8) is 0 Å². The van der Waals surface area contributed by atoms with Crippen molar-refractivity contribution in [2.24, 2.45) is 5.92 Å². The molecule has 2 aromatic rings. The Labute approximate surface area is 175 Å². The molecule has 0 unspecified atom stereocenters. The summed E-state index contributed by atoms with van der Waals surface area (Å²) in [6.07, 6.45) is 4.70. The van der Waals surface area contributed by atoms with Gasteiger partial charge in [0, 0.05) is 32.0 Å². The first-order valence-electron chi connectivity index (χ1n) is 9.71. The Morgan fingerprint density at radius 1 is 1.23 bits per heavy atom. The highest BCUT2D eigenvalue weighted by molar-refractivity contribution is 6.39. The van der Waals surface area contributed by atoms with Crippen LogP contribution in [0.15, 0.2) is 30.6 Å². The highest BCUT2D eigenvalue weighted by Crippen LogP contribution is 2.25. The highest BCUT2D eigenvalue weighted by atomic mass is 16.5. The normalized spacial score (nSPS) is 14.0. The number of piperidine rings is 1. The number of nitriles is 1. The molecule has 1 aromatic heterocycles. The van der Waals surface area contributed by atoms with Crippen molar-refractivity contribution in [1.29, 1.82) is 5.26 Å². The fraction of sp³-hybridized carbons (Fsp3) is 0.381. The molecule has 9 nitrogen and oxygen atoms in total. The summed E-state index contributed by atoms with van der Waals surface area (Å²) in [5.74, 6) is -0.0752. The minimum atomic E-state index is -0.727. The molecule has 2 amide bonds. The summed E-state index contributed by atoms with van der Waals surface area (Å²) < 4.78 is 5.22. The van der Waals surface area contributed by atoms with E-state index in [4.69, 9.17) is 4.74 Å². The molecule has 30 heavy (non-hydrogen) atoms. The quantitative estimate of drug-likeness (QED) is 0.722. The number of nitrogens with zero attached hydrogens (tertiary/aromatic N) is 4. The molecule has 2 heterocycles. The fourth-order valence-corrected chi connectivity index (χ4v) is 3.41. The standard InChI is InChI=1S/C21H24N6O3/c1-14-3-4-18(30-2)16(11-14)26-21(29)20(28)25-13-15-5-9-27(10-6-15)19-17(12-22)23-7-8-24-19/h3-4,7-8,11,15H,5-6,9-10,13H2,1-2H3,(H,25,28)(H,26,29).